The van der Waals surface area contributed by atoms with Crippen LogP contribution in [0.4, 0.5) is 0 Å². The fraction of sp³-hybridized carbons (Fsp3) is 0.188. The average molecular weight is 307 g/mol. The lowest BCUT2D eigenvalue weighted by Gasteiger charge is -2.09. The van der Waals surface area contributed by atoms with Gasteiger partial charge in [-0.1, -0.05) is 29.8 Å². The molecule has 0 aromatic heterocycles. The van der Waals surface area contributed by atoms with E-state index in [0.29, 0.717) is 21.9 Å². The Labute approximate surface area is 127 Å². The Kier molecular flexibility index (Phi) is 5.06. The van der Waals surface area contributed by atoms with Crippen molar-refractivity contribution in [1.82, 2.24) is 0 Å². The zero-order valence-electron chi connectivity index (χ0n) is 11.5. The molecule has 0 atom stereocenters. The number of phenolic OH excluding ortho intramolecular Hbond substituents is 1. The van der Waals surface area contributed by atoms with Crippen molar-refractivity contribution in [3.63, 3.8) is 0 Å². The molecule has 1 N–H and O–H groups in total. The van der Waals surface area contributed by atoms with E-state index in [2.05, 4.69) is 0 Å². The van der Waals surface area contributed by atoms with E-state index in [0.717, 1.165) is 0 Å². The molecule has 0 bridgehead atoms. The maximum Gasteiger partial charge on any atom is 0.338 e. The van der Waals surface area contributed by atoms with Crippen LogP contribution in [-0.2, 0) is 4.74 Å². The van der Waals surface area contributed by atoms with Crippen LogP contribution in [0.1, 0.15) is 15.9 Å². The maximum atomic E-state index is 11.8. The van der Waals surface area contributed by atoms with Crippen molar-refractivity contribution in [3.05, 3.63) is 58.6 Å². The molecule has 0 aliphatic carbocycles. The van der Waals surface area contributed by atoms with Crippen LogP contribution in [0.2, 0.25) is 5.02 Å². The van der Waals surface area contributed by atoms with Gasteiger partial charge in [-0.15, -0.1) is 0 Å². The van der Waals surface area contributed by atoms with E-state index in [1.54, 1.807) is 37.3 Å². The number of carbonyl (C=O) groups excluding carboxylic acids is 1. The lowest BCUT2D eigenvalue weighted by Crippen LogP contribution is -2.12. The molecule has 0 unspecified atom stereocenters. The van der Waals surface area contributed by atoms with Crippen LogP contribution in [0, 0.1) is 6.92 Å². The minimum Gasteiger partial charge on any atom is -0.508 e. The molecule has 4 nitrogen and oxygen atoms in total. The molecule has 0 saturated carbocycles. The summed E-state index contributed by atoms with van der Waals surface area (Å²) >= 11 is 5.93. The Hall–Kier alpha value is -2.20. The summed E-state index contributed by atoms with van der Waals surface area (Å²) in [4.78, 5) is 11.8. The Balaban J connectivity index is 1.82. The second-order valence-corrected chi connectivity index (χ2v) is 4.82. The molecule has 5 heteroatoms. The van der Waals surface area contributed by atoms with Gasteiger partial charge in [-0.25, -0.2) is 4.79 Å². The highest BCUT2D eigenvalue weighted by atomic mass is 35.5. The fourth-order valence-electron chi connectivity index (χ4n) is 1.67. The van der Waals surface area contributed by atoms with Gasteiger partial charge in [0.2, 0.25) is 0 Å². The SMILES string of the molecule is Cc1ccc(C(=O)OCCOc2ccccc2Cl)cc1O. The van der Waals surface area contributed by atoms with Gasteiger partial charge in [0.1, 0.15) is 24.7 Å². The summed E-state index contributed by atoms with van der Waals surface area (Å²) in [5, 5.41) is 10.1. The largest absolute Gasteiger partial charge is 0.508 e. The van der Waals surface area contributed by atoms with E-state index in [4.69, 9.17) is 21.1 Å². The molecule has 110 valence electrons. The van der Waals surface area contributed by atoms with Crippen LogP contribution >= 0.6 is 11.6 Å². The number of carbonyl (C=O) groups is 1. The van der Waals surface area contributed by atoms with E-state index < -0.39 is 5.97 Å². The van der Waals surface area contributed by atoms with E-state index in [9.17, 15) is 9.90 Å². The van der Waals surface area contributed by atoms with Crippen LogP contribution in [-0.4, -0.2) is 24.3 Å². The quantitative estimate of drug-likeness (QED) is 0.677. The summed E-state index contributed by atoms with van der Waals surface area (Å²) < 4.78 is 10.5. The Bertz CT molecular complexity index is 640. The van der Waals surface area contributed by atoms with Gasteiger partial charge in [0.05, 0.1) is 10.6 Å². The van der Waals surface area contributed by atoms with Crippen LogP contribution in [0.5, 0.6) is 11.5 Å². The monoisotopic (exact) mass is 306 g/mol. The van der Waals surface area contributed by atoms with Crippen LogP contribution < -0.4 is 4.74 Å². The molecule has 0 fully saturated rings. The zero-order valence-corrected chi connectivity index (χ0v) is 12.3. The molecule has 0 spiro atoms. The molecule has 0 radical (unpaired) electrons. The van der Waals surface area contributed by atoms with Gasteiger partial charge in [-0.05, 0) is 36.8 Å². The summed E-state index contributed by atoms with van der Waals surface area (Å²) in [7, 11) is 0. The molecule has 21 heavy (non-hydrogen) atoms. The second-order valence-electron chi connectivity index (χ2n) is 4.42. The molecular formula is C16H15ClO4. The standard InChI is InChI=1S/C16H15ClO4/c1-11-6-7-12(10-14(11)18)16(19)21-9-8-20-15-5-3-2-4-13(15)17/h2-7,10,18H,8-9H2,1H3. The third kappa shape index (κ3) is 4.13. The molecular weight excluding hydrogens is 292 g/mol. The van der Waals surface area contributed by atoms with Crippen molar-refractivity contribution in [2.24, 2.45) is 0 Å². The van der Waals surface area contributed by atoms with Crippen molar-refractivity contribution >= 4 is 17.6 Å². The fourth-order valence-corrected chi connectivity index (χ4v) is 1.86. The zero-order chi connectivity index (χ0) is 15.2. The molecule has 2 aromatic carbocycles. The van der Waals surface area contributed by atoms with E-state index in [1.807, 2.05) is 6.07 Å². The van der Waals surface area contributed by atoms with Gasteiger partial charge in [0, 0.05) is 0 Å². The number of phenols is 1. The summed E-state index contributed by atoms with van der Waals surface area (Å²) in [6, 6.07) is 11.7. The van der Waals surface area contributed by atoms with E-state index in [-0.39, 0.29) is 19.0 Å². The number of para-hydroxylation sites is 1. The van der Waals surface area contributed by atoms with Crippen LogP contribution in [0.25, 0.3) is 0 Å². The van der Waals surface area contributed by atoms with E-state index in [1.165, 1.54) is 6.07 Å². The number of esters is 1. The highest BCUT2D eigenvalue weighted by molar-refractivity contribution is 6.32. The van der Waals surface area contributed by atoms with E-state index >= 15 is 0 Å². The molecule has 0 aliphatic heterocycles. The van der Waals surface area contributed by atoms with Gasteiger partial charge in [-0.2, -0.15) is 0 Å². The smallest absolute Gasteiger partial charge is 0.338 e. The number of benzene rings is 2. The third-order valence-corrected chi connectivity index (χ3v) is 3.17. The predicted molar refractivity (Wildman–Crippen MR) is 80.1 cm³/mol. The molecule has 0 heterocycles. The van der Waals surface area contributed by atoms with Gasteiger partial charge >= 0.3 is 5.97 Å². The highest BCUT2D eigenvalue weighted by Gasteiger charge is 2.09. The summed E-state index contributed by atoms with van der Waals surface area (Å²) in [5.41, 5.74) is 1.00. The van der Waals surface area contributed by atoms with Crippen LogP contribution in [0.3, 0.4) is 0 Å². The molecule has 0 saturated heterocycles. The predicted octanol–water partition coefficient (Wildman–Crippen LogP) is 3.59. The van der Waals surface area contributed by atoms with Crippen molar-refractivity contribution in [1.29, 1.82) is 0 Å². The number of halogens is 1. The number of ether oxygens (including phenoxy) is 2. The number of hydrogen-bond acceptors (Lipinski definition) is 4. The maximum absolute atomic E-state index is 11.8. The number of rotatable bonds is 5. The first-order chi connectivity index (χ1) is 10.1. The van der Waals surface area contributed by atoms with Crippen LogP contribution in [0.15, 0.2) is 42.5 Å². The second kappa shape index (κ2) is 6.99. The normalized spacial score (nSPS) is 10.2. The first-order valence-corrected chi connectivity index (χ1v) is 6.80. The highest BCUT2D eigenvalue weighted by Crippen LogP contribution is 2.23. The first-order valence-electron chi connectivity index (χ1n) is 6.42. The van der Waals surface area contributed by atoms with Gasteiger partial charge < -0.3 is 14.6 Å². The number of aromatic hydroxyl groups is 1. The number of aryl methyl sites for hydroxylation is 1. The molecule has 0 aliphatic rings. The van der Waals surface area contributed by atoms with Gasteiger partial charge in [0.15, 0.2) is 0 Å². The summed E-state index contributed by atoms with van der Waals surface area (Å²) in [6.45, 7) is 2.05. The average Bonchev–Trinajstić information content (AvgIpc) is 2.48. The van der Waals surface area contributed by atoms with Gasteiger partial charge in [-0.3, -0.25) is 0 Å². The minimum atomic E-state index is -0.506. The first kappa shape index (κ1) is 15.2. The lowest BCUT2D eigenvalue weighted by molar-refractivity contribution is 0.0450. The summed E-state index contributed by atoms with van der Waals surface area (Å²) in [6.07, 6.45) is 0. The van der Waals surface area contributed by atoms with Crippen molar-refractivity contribution < 1.29 is 19.4 Å². The Morgan fingerprint density at radius 2 is 1.95 bits per heavy atom. The Morgan fingerprint density at radius 1 is 1.19 bits per heavy atom. The third-order valence-electron chi connectivity index (χ3n) is 2.86. The lowest BCUT2D eigenvalue weighted by atomic mass is 10.1. The van der Waals surface area contributed by atoms with Crippen molar-refractivity contribution in [3.8, 4) is 11.5 Å². The van der Waals surface area contributed by atoms with Gasteiger partial charge in [0.25, 0.3) is 0 Å². The molecule has 2 aromatic rings. The molecule has 2 rings (SSSR count). The minimum absolute atomic E-state index is 0.0665. The summed E-state index contributed by atoms with van der Waals surface area (Å²) in [5.74, 6) is 0.105. The topological polar surface area (TPSA) is 55.8 Å². The van der Waals surface area contributed by atoms with Crippen molar-refractivity contribution in [2.45, 2.75) is 6.92 Å². The molecule has 0 amide bonds. The Morgan fingerprint density at radius 3 is 2.67 bits per heavy atom. The number of hydrogen-bond donors (Lipinski definition) is 1. The van der Waals surface area contributed by atoms with Crippen molar-refractivity contribution in [2.75, 3.05) is 13.2 Å².